The summed E-state index contributed by atoms with van der Waals surface area (Å²) in [6.45, 7) is 1.71. The van der Waals surface area contributed by atoms with Gasteiger partial charge in [0.25, 0.3) is 5.91 Å². The normalized spacial score (nSPS) is 20.8. The van der Waals surface area contributed by atoms with Gasteiger partial charge in [0.05, 0.1) is 5.70 Å². The summed E-state index contributed by atoms with van der Waals surface area (Å²) in [5.74, 6) is 0.0694. The van der Waals surface area contributed by atoms with E-state index in [4.69, 9.17) is 0 Å². The molecule has 0 N–H and O–H groups in total. The molecule has 0 unspecified atom stereocenters. The second-order valence-electron chi connectivity index (χ2n) is 2.16. The highest BCUT2D eigenvalue weighted by Crippen LogP contribution is 2.19. The molecule has 5 heteroatoms. The minimum Gasteiger partial charge on any atom is -0.266 e. The van der Waals surface area contributed by atoms with Crippen molar-refractivity contribution in [1.29, 1.82) is 0 Å². The smallest absolute Gasteiger partial charge is 0.266 e. The molecule has 2 aliphatic heterocycles. The zero-order chi connectivity index (χ0) is 7.84. The number of hydrogen-bond donors (Lipinski definition) is 0. The first-order chi connectivity index (χ1) is 5.29. The molecule has 2 aliphatic rings. The highest BCUT2D eigenvalue weighted by molar-refractivity contribution is 6.27. The Morgan fingerprint density at radius 2 is 2.18 bits per heavy atom. The van der Waals surface area contributed by atoms with Gasteiger partial charge in [-0.3, -0.25) is 4.79 Å². The SMILES string of the molecule is CC1=C2C(=O)N=CN=C2N=N1. The van der Waals surface area contributed by atoms with Crippen molar-refractivity contribution in [3.8, 4) is 0 Å². The van der Waals surface area contributed by atoms with E-state index in [1.165, 1.54) is 6.34 Å². The molecule has 0 aromatic carbocycles. The summed E-state index contributed by atoms with van der Waals surface area (Å²) in [6.07, 6.45) is 1.19. The Morgan fingerprint density at radius 3 is 2.91 bits per heavy atom. The number of allylic oxidation sites excluding steroid dienone is 1. The molecule has 0 aliphatic carbocycles. The summed E-state index contributed by atoms with van der Waals surface area (Å²) in [4.78, 5) is 18.3. The fourth-order valence-corrected chi connectivity index (χ4v) is 0.925. The summed E-state index contributed by atoms with van der Waals surface area (Å²) >= 11 is 0. The van der Waals surface area contributed by atoms with E-state index in [1.807, 2.05) is 0 Å². The first kappa shape index (κ1) is 6.09. The third-order valence-corrected chi connectivity index (χ3v) is 1.45. The molecule has 0 aromatic rings. The van der Waals surface area contributed by atoms with Gasteiger partial charge in [0, 0.05) is 0 Å². The Labute approximate surface area is 62.3 Å². The Kier molecular flexibility index (Phi) is 1.06. The number of carbonyl (C=O) groups is 1. The van der Waals surface area contributed by atoms with Crippen LogP contribution in [0.2, 0.25) is 0 Å². The van der Waals surface area contributed by atoms with Crippen LogP contribution in [0.25, 0.3) is 0 Å². The van der Waals surface area contributed by atoms with Crippen LogP contribution in [0, 0.1) is 0 Å². The maximum Gasteiger partial charge on any atom is 0.284 e. The first-order valence-corrected chi connectivity index (χ1v) is 3.06. The van der Waals surface area contributed by atoms with Gasteiger partial charge in [-0.1, -0.05) is 0 Å². The van der Waals surface area contributed by atoms with Crippen molar-refractivity contribution in [3.63, 3.8) is 0 Å². The fourth-order valence-electron chi connectivity index (χ4n) is 0.925. The highest BCUT2D eigenvalue weighted by Gasteiger charge is 2.25. The molecule has 0 aromatic heterocycles. The summed E-state index contributed by atoms with van der Waals surface area (Å²) in [6, 6.07) is 0. The van der Waals surface area contributed by atoms with Crippen LogP contribution in [0.15, 0.2) is 31.5 Å². The molecule has 0 saturated heterocycles. The predicted molar refractivity (Wildman–Crippen MR) is 38.5 cm³/mol. The molecular weight excluding hydrogens is 144 g/mol. The largest absolute Gasteiger partial charge is 0.284 e. The summed E-state index contributed by atoms with van der Waals surface area (Å²) in [7, 11) is 0. The molecule has 2 heterocycles. The van der Waals surface area contributed by atoms with E-state index in [0.717, 1.165) is 0 Å². The molecule has 0 spiro atoms. The molecule has 0 saturated carbocycles. The number of nitrogens with zero attached hydrogens (tertiary/aromatic N) is 4. The van der Waals surface area contributed by atoms with Gasteiger partial charge < -0.3 is 0 Å². The average Bonchev–Trinajstić information content (AvgIpc) is 2.34. The third kappa shape index (κ3) is 0.739. The quantitative estimate of drug-likeness (QED) is 0.498. The third-order valence-electron chi connectivity index (χ3n) is 1.45. The van der Waals surface area contributed by atoms with Crippen LogP contribution < -0.4 is 0 Å². The van der Waals surface area contributed by atoms with Gasteiger partial charge in [-0.2, -0.15) is 10.1 Å². The summed E-state index contributed by atoms with van der Waals surface area (Å²) in [5, 5.41) is 7.38. The fraction of sp³-hybridized carbons (Fsp3) is 0.167. The van der Waals surface area contributed by atoms with Gasteiger partial charge in [-0.05, 0) is 6.92 Å². The van der Waals surface area contributed by atoms with Crippen LogP contribution in [0.5, 0.6) is 0 Å². The van der Waals surface area contributed by atoms with Gasteiger partial charge in [0.2, 0.25) is 0 Å². The number of rotatable bonds is 0. The number of fused-ring (bicyclic) bond motifs is 1. The standard InChI is InChI=1S/C6H4N4O/c1-3-4-5(10-9-3)7-2-8-6(4)11/h2H,1H3. The van der Waals surface area contributed by atoms with Crippen molar-refractivity contribution in [1.82, 2.24) is 0 Å². The van der Waals surface area contributed by atoms with Gasteiger partial charge in [-0.25, -0.2) is 4.99 Å². The Hall–Kier alpha value is -1.65. The second-order valence-corrected chi connectivity index (χ2v) is 2.16. The molecule has 0 radical (unpaired) electrons. The number of aliphatic imine (C=N–C) groups is 2. The van der Waals surface area contributed by atoms with Crippen LogP contribution in [0.3, 0.4) is 0 Å². The maximum atomic E-state index is 11.0. The van der Waals surface area contributed by atoms with Gasteiger partial charge in [-0.15, -0.1) is 5.11 Å². The van der Waals surface area contributed by atoms with E-state index >= 15 is 0 Å². The van der Waals surface area contributed by atoms with E-state index in [1.54, 1.807) is 6.92 Å². The topological polar surface area (TPSA) is 66.5 Å². The van der Waals surface area contributed by atoms with Crippen LogP contribution >= 0.6 is 0 Å². The van der Waals surface area contributed by atoms with Crippen LogP contribution in [0.4, 0.5) is 0 Å². The van der Waals surface area contributed by atoms with E-state index < -0.39 is 0 Å². The zero-order valence-electron chi connectivity index (χ0n) is 5.77. The number of azo groups is 1. The molecule has 11 heavy (non-hydrogen) atoms. The van der Waals surface area contributed by atoms with E-state index in [-0.39, 0.29) is 5.91 Å². The van der Waals surface area contributed by atoms with Crippen LogP contribution in [0.1, 0.15) is 6.92 Å². The zero-order valence-corrected chi connectivity index (χ0v) is 5.77. The van der Waals surface area contributed by atoms with E-state index in [9.17, 15) is 4.79 Å². The van der Waals surface area contributed by atoms with Crippen molar-refractivity contribution in [2.24, 2.45) is 20.2 Å². The lowest BCUT2D eigenvalue weighted by molar-refractivity contribution is -0.113. The molecule has 5 nitrogen and oxygen atoms in total. The van der Waals surface area contributed by atoms with Crippen molar-refractivity contribution in [2.45, 2.75) is 6.92 Å². The Bertz CT molecular complexity index is 348. The molecule has 54 valence electrons. The number of carbonyl (C=O) groups excluding carboxylic acids is 1. The van der Waals surface area contributed by atoms with Gasteiger partial charge in [0.15, 0.2) is 5.84 Å². The second kappa shape index (κ2) is 1.91. The van der Waals surface area contributed by atoms with Crippen molar-refractivity contribution in [3.05, 3.63) is 11.3 Å². The van der Waals surface area contributed by atoms with Gasteiger partial charge >= 0.3 is 0 Å². The monoisotopic (exact) mass is 148 g/mol. The van der Waals surface area contributed by atoms with E-state index in [2.05, 4.69) is 20.2 Å². The minimum absolute atomic E-state index is 0.308. The summed E-state index contributed by atoms with van der Waals surface area (Å²) < 4.78 is 0. The van der Waals surface area contributed by atoms with Crippen molar-refractivity contribution >= 4 is 18.1 Å². The lowest BCUT2D eigenvalue weighted by Gasteiger charge is -1.98. The molecular formula is C6H4N4O. The van der Waals surface area contributed by atoms with Gasteiger partial charge in [0.1, 0.15) is 11.9 Å². The Morgan fingerprint density at radius 1 is 1.36 bits per heavy atom. The van der Waals surface area contributed by atoms with Crippen molar-refractivity contribution < 1.29 is 4.79 Å². The minimum atomic E-state index is -0.308. The van der Waals surface area contributed by atoms with Crippen LogP contribution in [-0.4, -0.2) is 18.1 Å². The maximum absolute atomic E-state index is 11.0. The molecule has 2 rings (SSSR count). The molecule has 1 amide bonds. The van der Waals surface area contributed by atoms with Crippen LogP contribution in [-0.2, 0) is 4.79 Å². The number of hydrogen-bond acceptors (Lipinski definition) is 4. The number of amidine groups is 1. The predicted octanol–water partition coefficient (Wildman–Crippen LogP) is 0.693. The lowest BCUT2D eigenvalue weighted by atomic mass is 10.2. The molecule has 0 fully saturated rings. The lowest BCUT2D eigenvalue weighted by Crippen LogP contribution is -2.11. The Balaban J connectivity index is 2.61. The summed E-state index contributed by atoms with van der Waals surface area (Å²) in [5.41, 5.74) is 1.01. The van der Waals surface area contributed by atoms with E-state index in [0.29, 0.717) is 17.1 Å². The average molecular weight is 148 g/mol. The molecule has 0 bridgehead atoms. The van der Waals surface area contributed by atoms with Crippen molar-refractivity contribution in [2.75, 3.05) is 0 Å². The highest BCUT2D eigenvalue weighted by atomic mass is 16.1. The first-order valence-electron chi connectivity index (χ1n) is 3.06. The number of amides is 1. The molecule has 0 atom stereocenters.